The van der Waals surface area contributed by atoms with E-state index in [1.165, 1.54) is 133 Å². The summed E-state index contributed by atoms with van der Waals surface area (Å²) in [5.41, 5.74) is 37.7. The Balaban J connectivity index is 1.02. The summed E-state index contributed by atoms with van der Waals surface area (Å²) in [4.78, 5) is 5.48. The minimum Gasteiger partial charge on any atom is -0.310 e. The Hall–Kier alpha value is -12.0. The molecule has 2 aliphatic rings. The molecule has 0 N–H and O–H groups in total. The van der Waals surface area contributed by atoms with Crippen molar-refractivity contribution in [1.29, 1.82) is 0 Å². The average molecular weight is 1350 g/mol. The smallest absolute Gasteiger partial charge is 0.252 e. The molecular formula is C102H85BN2. The molecule has 2 nitrogen and oxygen atoms in total. The number of fused-ring (bicyclic) bond motifs is 4. The average Bonchev–Trinajstić information content (AvgIpc) is 0.687. The van der Waals surface area contributed by atoms with E-state index in [9.17, 15) is 0 Å². The zero-order valence-electron chi connectivity index (χ0n) is 61.1. The molecule has 17 rings (SSSR count). The summed E-state index contributed by atoms with van der Waals surface area (Å²) in [6.07, 6.45) is 2.99. The molecule has 0 bridgehead atoms. The lowest BCUT2D eigenvalue weighted by Crippen LogP contribution is -2.61. The highest BCUT2D eigenvalue weighted by atomic mass is 15.2. The van der Waals surface area contributed by atoms with Gasteiger partial charge in [0.05, 0.1) is 11.4 Å². The van der Waals surface area contributed by atoms with Crippen molar-refractivity contribution in [2.24, 2.45) is 0 Å². The predicted molar refractivity (Wildman–Crippen MR) is 451 cm³/mol. The molecule has 0 aromatic heterocycles. The van der Waals surface area contributed by atoms with E-state index in [1.807, 2.05) is 0 Å². The highest BCUT2D eigenvalue weighted by molar-refractivity contribution is 7.00. The number of rotatable bonds is 15. The Morgan fingerprint density at radius 2 is 0.486 bits per heavy atom. The van der Waals surface area contributed by atoms with Gasteiger partial charge < -0.3 is 9.80 Å². The maximum absolute atomic E-state index is 2.74. The molecule has 15 aromatic rings. The molecule has 3 heteroatoms. The molecule has 15 aromatic carbocycles. The third kappa shape index (κ3) is 12.7. The molecule has 0 amide bonds. The number of aryl methyl sites for hydroxylation is 1. The lowest BCUT2D eigenvalue weighted by Gasteiger charge is -2.46. The third-order valence-electron chi connectivity index (χ3n) is 21.8. The highest BCUT2D eigenvalue weighted by Crippen LogP contribution is 2.55. The molecule has 0 atom stereocenters. The van der Waals surface area contributed by atoms with E-state index in [-0.39, 0.29) is 17.5 Å². The first-order valence-electron chi connectivity index (χ1n) is 37.5. The van der Waals surface area contributed by atoms with Gasteiger partial charge in [-0.2, -0.15) is 0 Å². The van der Waals surface area contributed by atoms with Crippen molar-refractivity contribution in [3.05, 3.63) is 369 Å². The summed E-state index contributed by atoms with van der Waals surface area (Å²) in [6.45, 7) is 16.3. The van der Waals surface area contributed by atoms with Crippen LogP contribution >= 0.6 is 0 Å². The van der Waals surface area contributed by atoms with Crippen LogP contribution in [-0.4, -0.2) is 6.71 Å². The fraction of sp³-hybridized carbons (Fsp3) is 0.118. The van der Waals surface area contributed by atoms with Gasteiger partial charge in [0.2, 0.25) is 0 Å². The van der Waals surface area contributed by atoms with E-state index < -0.39 is 0 Å². The largest absolute Gasteiger partial charge is 0.310 e. The quantitative estimate of drug-likeness (QED) is 0.0944. The van der Waals surface area contributed by atoms with Gasteiger partial charge in [0.1, 0.15) is 0 Å². The Kier molecular flexibility index (Phi) is 17.4. The minimum atomic E-state index is -0.216. The Morgan fingerprint density at radius 3 is 0.743 bits per heavy atom. The van der Waals surface area contributed by atoms with Crippen molar-refractivity contribution >= 4 is 57.2 Å². The summed E-state index contributed by atoms with van der Waals surface area (Å²) >= 11 is 0. The third-order valence-corrected chi connectivity index (χ3v) is 21.8. The Labute approximate surface area is 621 Å². The summed E-state index contributed by atoms with van der Waals surface area (Å²) in [5.74, 6) is 0. The number of benzene rings is 15. The fourth-order valence-electron chi connectivity index (χ4n) is 16.1. The van der Waals surface area contributed by atoms with E-state index in [2.05, 4.69) is 410 Å². The van der Waals surface area contributed by atoms with Crippen LogP contribution in [-0.2, 0) is 17.3 Å². The van der Waals surface area contributed by atoms with Gasteiger partial charge >= 0.3 is 0 Å². The fourth-order valence-corrected chi connectivity index (χ4v) is 16.1. The first-order chi connectivity index (χ1) is 51.3. The van der Waals surface area contributed by atoms with Gasteiger partial charge in [0, 0.05) is 45.0 Å². The van der Waals surface area contributed by atoms with Gasteiger partial charge in [0.25, 0.3) is 6.71 Å². The van der Waals surface area contributed by atoms with Crippen molar-refractivity contribution in [2.75, 3.05) is 9.80 Å². The van der Waals surface area contributed by atoms with E-state index in [0.717, 1.165) is 64.3 Å². The summed E-state index contributed by atoms with van der Waals surface area (Å²) in [6, 6.07) is 133. The van der Waals surface area contributed by atoms with Crippen LogP contribution in [0, 0.1) is 0 Å². The molecule has 2 aliphatic heterocycles. The number of nitrogens with zero attached hydrogens (tertiary/aromatic N) is 2. The number of unbranched alkanes of at least 4 members (excludes halogenated alkanes) is 1. The lowest BCUT2D eigenvalue weighted by molar-refractivity contribution is 0.590. The van der Waals surface area contributed by atoms with E-state index in [0.29, 0.717) is 0 Å². The first kappa shape index (κ1) is 66.2. The first-order valence-corrected chi connectivity index (χ1v) is 37.5. The number of hydrogen-bond donors (Lipinski definition) is 0. The maximum atomic E-state index is 2.74. The van der Waals surface area contributed by atoms with E-state index in [4.69, 9.17) is 0 Å². The molecule has 0 saturated carbocycles. The van der Waals surface area contributed by atoms with Crippen LogP contribution < -0.4 is 26.2 Å². The molecule has 0 aliphatic carbocycles. The van der Waals surface area contributed by atoms with Crippen molar-refractivity contribution < 1.29 is 0 Å². The van der Waals surface area contributed by atoms with E-state index >= 15 is 0 Å². The maximum Gasteiger partial charge on any atom is 0.252 e. The van der Waals surface area contributed by atoms with Gasteiger partial charge in [-0.15, -0.1) is 0 Å². The molecule has 2 heterocycles. The van der Waals surface area contributed by atoms with Gasteiger partial charge in [-0.1, -0.05) is 358 Å². The van der Waals surface area contributed by atoms with E-state index in [1.54, 1.807) is 0 Å². The summed E-state index contributed by atoms with van der Waals surface area (Å²) in [7, 11) is 0. The monoisotopic (exact) mass is 1350 g/mol. The van der Waals surface area contributed by atoms with Crippen molar-refractivity contribution in [3.8, 4) is 111 Å². The highest BCUT2D eigenvalue weighted by Gasteiger charge is 2.46. The topological polar surface area (TPSA) is 6.48 Å². The molecule has 0 radical (unpaired) electrons. The Bertz CT molecular complexity index is 5090. The SMILES string of the molecule is CCCCc1cc2c3c(c1)N(c1c(-c4ccc(-c5ccccc5)cc4)cc(C(C)(C)C)cc1-c1ccc(-c4ccccc4)cc1)c1ccc(-c4ccccc4)cc1B3c1cc(-c3ccccc3)ccc1N2c1c(-c2ccc(-c3ccccc3)cc2)cc(C(C)(C)C)cc1-c1ccc(-c2ccccc2)cc1. The number of hydrogen-bond acceptors (Lipinski definition) is 2. The van der Waals surface area contributed by atoms with Crippen LogP contribution in [0.25, 0.3) is 111 Å². The van der Waals surface area contributed by atoms with Crippen molar-refractivity contribution in [3.63, 3.8) is 0 Å². The Morgan fingerprint density at radius 1 is 0.248 bits per heavy atom. The second-order valence-corrected chi connectivity index (χ2v) is 30.6. The molecule has 105 heavy (non-hydrogen) atoms. The zero-order chi connectivity index (χ0) is 71.3. The normalized spacial score (nSPS) is 12.4. The van der Waals surface area contributed by atoms with Gasteiger partial charge in [-0.25, -0.2) is 0 Å². The second-order valence-electron chi connectivity index (χ2n) is 30.6. The van der Waals surface area contributed by atoms with Crippen LogP contribution in [0.5, 0.6) is 0 Å². The molecular weight excluding hydrogens is 1260 g/mol. The zero-order valence-corrected chi connectivity index (χ0v) is 61.1. The van der Waals surface area contributed by atoms with Gasteiger partial charge in [-0.05, 0) is 194 Å². The molecule has 0 saturated heterocycles. The lowest BCUT2D eigenvalue weighted by atomic mass is 9.33. The van der Waals surface area contributed by atoms with Crippen molar-refractivity contribution in [2.45, 2.75) is 78.6 Å². The van der Waals surface area contributed by atoms with Crippen LogP contribution in [0.3, 0.4) is 0 Å². The molecule has 506 valence electrons. The molecule has 0 spiro atoms. The van der Waals surface area contributed by atoms with Crippen LogP contribution in [0.2, 0.25) is 0 Å². The van der Waals surface area contributed by atoms with Gasteiger partial charge in [0.15, 0.2) is 0 Å². The van der Waals surface area contributed by atoms with Crippen molar-refractivity contribution in [1.82, 2.24) is 0 Å². The minimum absolute atomic E-state index is 0.215. The predicted octanol–water partition coefficient (Wildman–Crippen LogP) is 26.4. The second kappa shape index (κ2) is 27.6. The molecule has 0 unspecified atom stereocenters. The summed E-state index contributed by atoms with van der Waals surface area (Å²) < 4.78 is 0. The van der Waals surface area contributed by atoms with Crippen LogP contribution in [0.15, 0.2) is 352 Å². The van der Waals surface area contributed by atoms with Crippen LogP contribution in [0.1, 0.15) is 78.0 Å². The van der Waals surface area contributed by atoms with Gasteiger partial charge in [-0.3, -0.25) is 0 Å². The number of anilines is 6. The standard InChI is InChI=1S/C102H85BN2/c1-8-9-28-69-61-96-98-97(62-69)105(100-90(82-53-45-78(46-54-82)72-33-20-12-21-34-72)67-87(102(5,6)7)68-91(100)83-55-47-79(48-56-83)73-35-22-13-23-36-73)95-60-58-85(75-39-26-15-27-40-75)64-93(95)103(98)92-63-84(74-37-24-14-25-38-74)57-59-94(92)104(96)99-88(80-49-41-76(42-50-80)70-29-16-10-17-30-70)65-86(101(2,3)4)66-89(99)81-51-43-77(44-52-81)71-31-18-11-19-32-71/h10-27,29-68H,8-9,28H2,1-7H3. The summed E-state index contributed by atoms with van der Waals surface area (Å²) in [5, 5.41) is 0. The van der Waals surface area contributed by atoms with Crippen LogP contribution in [0.4, 0.5) is 34.1 Å². The molecule has 0 fully saturated rings.